The number of carbonyl (C=O) groups is 2. The molecular formula is C25H24F3N7O3. The van der Waals surface area contributed by atoms with Gasteiger partial charge in [0.25, 0.3) is 5.91 Å². The second kappa shape index (κ2) is 10.1. The van der Waals surface area contributed by atoms with E-state index in [2.05, 4.69) is 25.7 Å². The number of alkyl halides is 3. The standard InChI is InChI=1S/C25H24F3N7O3/c26-25(27,28)18-10-29-22-20(21(18)34-8-4-7-17(14-34)32-24(37)38)19(11-30-22)33-23(36)16-9-31-35(13-16)12-15-5-2-1-3-6-15/h1-3,5-6,9-11,13,17,32H,4,7-8,12,14H2,(H,29,30)(H,33,36)(H,37,38). The Morgan fingerprint density at radius 2 is 1.97 bits per heavy atom. The maximum atomic E-state index is 14.1. The van der Waals surface area contributed by atoms with Crippen molar-refractivity contribution in [3.8, 4) is 0 Å². The van der Waals surface area contributed by atoms with Crippen LogP contribution in [0.25, 0.3) is 11.0 Å². The molecule has 1 atom stereocenters. The van der Waals surface area contributed by atoms with Gasteiger partial charge in [0, 0.05) is 37.7 Å². The van der Waals surface area contributed by atoms with Gasteiger partial charge in [-0.05, 0) is 18.4 Å². The molecule has 1 unspecified atom stereocenters. The van der Waals surface area contributed by atoms with E-state index in [-0.39, 0.29) is 41.1 Å². The molecule has 1 aliphatic heterocycles. The van der Waals surface area contributed by atoms with E-state index in [1.54, 1.807) is 10.9 Å². The number of aromatic nitrogens is 4. The summed E-state index contributed by atoms with van der Waals surface area (Å²) >= 11 is 0. The van der Waals surface area contributed by atoms with Gasteiger partial charge in [0.2, 0.25) is 0 Å². The summed E-state index contributed by atoms with van der Waals surface area (Å²) in [7, 11) is 0. The van der Waals surface area contributed by atoms with Gasteiger partial charge >= 0.3 is 12.3 Å². The van der Waals surface area contributed by atoms with E-state index in [1.807, 2.05) is 30.3 Å². The van der Waals surface area contributed by atoms with Crippen LogP contribution in [-0.4, -0.2) is 56.0 Å². The molecule has 198 valence electrons. The number of carboxylic acid groups (broad SMARTS) is 1. The van der Waals surface area contributed by atoms with Crippen LogP contribution in [0.2, 0.25) is 0 Å². The van der Waals surface area contributed by atoms with Crippen molar-refractivity contribution in [2.75, 3.05) is 23.3 Å². The Morgan fingerprint density at radius 3 is 2.71 bits per heavy atom. The molecule has 0 saturated carbocycles. The highest BCUT2D eigenvalue weighted by molar-refractivity contribution is 6.11. The number of piperidine rings is 1. The van der Waals surface area contributed by atoms with E-state index < -0.39 is 29.8 Å². The van der Waals surface area contributed by atoms with E-state index in [9.17, 15) is 22.8 Å². The van der Waals surface area contributed by atoms with Gasteiger partial charge in [-0.1, -0.05) is 30.3 Å². The average molecular weight is 528 g/mol. The molecule has 0 spiro atoms. The molecule has 13 heteroatoms. The second-order valence-electron chi connectivity index (χ2n) is 9.05. The number of hydrogen-bond donors (Lipinski definition) is 4. The fourth-order valence-corrected chi connectivity index (χ4v) is 4.72. The molecule has 38 heavy (non-hydrogen) atoms. The minimum Gasteiger partial charge on any atom is -0.465 e. The molecule has 1 aromatic carbocycles. The number of nitrogens with zero attached hydrogens (tertiary/aromatic N) is 4. The summed E-state index contributed by atoms with van der Waals surface area (Å²) in [6.07, 6.45) is 0.119. The molecular weight excluding hydrogens is 503 g/mol. The number of nitrogens with one attached hydrogen (secondary N) is 3. The van der Waals surface area contributed by atoms with Crippen LogP contribution >= 0.6 is 0 Å². The van der Waals surface area contributed by atoms with E-state index in [4.69, 9.17) is 5.11 Å². The Kier molecular flexibility index (Phi) is 6.66. The number of halogens is 3. The zero-order valence-electron chi connectivity index (χ0n) is 20.0. The van der Waals surface area contributed by atoms with Crippen LogP contribution in [0.5, 0.6) is 0 Å². The highest BCUT2D eigenvalue weighted by atomic mass is 19.4. The van der Waals surface area contributed by atoms with E-state index >= 15 is 0 Å². The number of aromatic amines is 1. The number of benzene rings is 1. The van der Waals surface area contributed by atoms with Crippen LogP contribution in [0.1, 0.15) is 34.3 Å². The summed E-state index contributed by atoms with van der Waals surface area (Å²) in [4.78, 5) is 32.5. The molecule has 5 rings (SSSR count). The first-order valence-electron chi connectivity index (χ1n) is 11.9. The molecule has 0 aliphatic carbocycles. The van der Waals surface area contributed by atoms with Crippen molar-refractivity contribution in [3.05, 3.63) is 71.8 Å². The molecule has 4 heterocycles. The molecule has 10 nitrogen and oxygen atoms in total. The summed E-state index contributed by atoms with van der Waals surface area (Å²) in [5.74, 6) is -0.544. The third-order valence-corrected chi connectivity index (χ3v) is 6.38. The number of carbonyl (C=O) groups excluding carboxylic acids is 1. The maximum absolute atomic E-state index is 14.1. The first-order valence-corrected chi connectivity index (χ1v) is 11.9. The predicted octanol–water partition coefficient (Wildman–Crippen LogP) is 4.32. The number of pyridine rings is 1. The largest absolute Gasteiger partial charge is 0.465 e. The molecule has 1 fully saturated rings. The fraction of sp³-hybridized carbons (Fsp3) is 0.280. The monoisotopic (exact) mass is 527 g/mol. The van der Waals surface area contributed by atoms with E-state index in [1.165, 1.54) is 17.3 Å². The number of H-pyrrole nitrogens is 1. The lowest BCUT2D eigenvalue weighted by molar-refractivity contribution is -0.137. The lowest BCUT2D eigenvalue weighted by atomic mass is 10.0. The van der Waals surface area contributed by atoms with Crippen molar-refractivity contribution < 1.29 is 27.9 Å². The van der Waals surface area contributed by atoms with Gasteiger partial charge in [-0.2, -0.15) is 18.3 Å². The van der Waals surface area contributed by atoms with Gasteiger partial charge in [0.15, 0.2) is 0 Å². The van der Waals surface area contributed by atoms with Gasteiger partial charge in [-0.25, -0.2) is 9.78 Å². The summed E-state index contributed by atoms with van der Waals surface area (Å²) < 4.78 is 43.9. The highest BCUT2D eigenvalue weighted by Gasteiger charge is 2.38. The van der Waals surface area contributed by atoms with E-state index in [0.717, 1.165) is 11.8 Å². The van der Waals surface area contributed by atoms with Crippen LogP contribution in [0, 0.1) is 0 Å². The second-order valence-corrected chi connectivity index (χ2v) is 9.05. The first kappa shape index (κ1) is 25.1. The maximum Gasteiger partial charge on any atom is 0.419 e. The van der Waals surface area contributed by atoms with Gasteiger partial charge in [-0.3, -0.25) is 9.48 Å². The van der Waals surface area contributed by atoms with E-state index in [0.29, 0.717) is 19.4 Å². The van der Waals surface area contributed by atoms with Crippen LogP contribution in [-0.2, 0) is 12.7 Å². The summed E-state index contributed by atoms with van der Waals surface area (Å²) in [6, 6.07) is 9.00. The Balaban J connectivity index is 1.47. The first-order chi connectivity index (χ1) is 18.2. The molecule has 0 bridgehead atoms. The number of amides is 2. The van der Waals surface area contributed by atoms with Crippen molar-refractivity contribution in [1.29, 1.82) is 0 Å². The average Bonchev–Trinajstić information content (AvgIpc) is 3.51. The van der Waals surface area contributed by atoms with Crippen LogP contribution in [0.4, 0.5) is 29.3 Å². The molecule has 2 amide bonds. The van der Waals surface area contributed by atoms with Gasteiger partial charge < -0.3 is 25.6 Å². The van der Waals surface area contributed by atoms with Gasteiger partial charge in [0.05, 0.1) is 40.6 Å². The predicted molar refractivity (Wildman–Crippen MR) is 133 cm³/mol. The normalized spacial score (nSPS) is 16.0. The lowest BCUT2D eigenvalue weighted by Crippen LogP contribution is -2.48. The summed E-state index contributed by atoms with van der Waals surface area (Å²) in [5, 5.41) is 18.5. The number of hydrogen-bond acceptors (Lipinski definition) is 5. The van der Waals surface area contributed by atoms with Crippen molar-refractivity contribution in [2.45, 2.75) is 31.6 Å². The van der Waals surface area contributed by atoms with Crippen LogP contribution < -0.4 is 15.5 Å². The molecule has 4 N–H and O–H groups in total. The number of fused-ring (bicyclic) bond motifs is 1. The Labute approximate surface area is 214 Å². The van der Waals surface area contributed by atoms with Crippen molar-refractivity contribution in [3.63, 3.8) is 0 Å². The van der Waals surface area contributed by atoms with Crippen LogP contribution in [0.3, 0.4) is 0 Å². The minimum absolute atomic E-state index is 0.0410. The quantitative estimate of drug-likeness (QED) is 0.296. The van der Waals surface area contributed by atoms with Gasteiger partial charge in [-0.15, -0.1) is 0 Å². The molecule has 3 aromatic heterocycles. The Hall–Kier alpha value is -4.55. The zero-order chi connectivity index (χ0) is 26.9. The number of anilines is 2. The molecule has 4 aromatic rings. The molecule has 1 aliphatic rings. The third-order valence-electron chi connectivity index (χ3n) is 6.38. The van der Waals surface area contributed by atoms with Crippen molar-refractivity contribution in [1.82, 2.24) is 25.1 Å². The number of rotatable bonds is 6. The topological polar surface area (TPSA) is 128 Å². The minimum atomic E-state index is -4.72. The molecule has 0 radical (unpaired) electrons. The van der Waals surface area contributed by atoms with Gasteiger partial charge in [0.1, 0.15) is 5.65 Å². The summed E-state index contributed by atoms with van der Waals surface area (Å²) in [6.45, 7) is 0.773. The lowest BCUT2D eigenvalue weighted by Gasteiger charge is -2.36. The van der Waals surface area contributed by atoms with Crippen molar-refractivity contribution >= 4 is 34.4 Å². The smallest absolute Gasteiger partial charge is 0.419 e. The highest BCUT2D eigenvalue weighted by Crippen LogP contribution is 2.43. The third kappa shape index (κ3) is 5.26. The fourth-order valence-electron chi connectivity index (χ4n) is 4.72. The Bertz CT molecular complexity index is 1470. The SMILES string of the molecule is O=C(O)NC1CCCN(c2c(C(F)(F)F)cnc3[nH]cc(NC(=O)c4cnn(Cc5ccccc5)c4)c23)C1. The molecule has 1 saturated heterocycles. The Morgan fingerprint density at radius 1 is 1.18 bits per heavy atom. The zero-order valence-corrected chi connectivity index (χ0v) is 20.0. The van der Waals surface area contributed by atoms with Crippen LogP contribution in [0.15, 0.2) is 55.1 Å². The summed E-state index contributed by atoms with van der Waals surface area (Å²) in [5.41, 5.74) is 0.397. The van der Waals surface area contributed by atoms with Crippen molar-refractivity contribution in [2.24, 2.45) is 0 Å².